The Bertz CT molecular complexity index is 654. The lowest BCUT2D eigenvalue weighted by Crippen LogP contribution is -2.17. The van der Waals surface area contributed by atoms with E-state index in [1.54, 1.807) is 18.2 Å². The molecular weight excluding hydrogens is 336 g/mol. The van der Waals surface area contributed by atoms with E-state index in [4.69, 9.17) is 21.8 Å². The highest BCUT2D eigenvalue weighted by Crippen LogP contribution is 2.32. The molecule has 7 heteroatoms. The maximum Gasteiger partial charge on any atom is 0.286 e. The van der Waals surface area contributed by atoms with Crippen LogP contribution in [0.2, 0.25) is 0 Å². The highest BCUT2D eigenvalue weighted by Gasteiger charge is 2.20. The monoisotopic (exact) mass is 344 g/mol. The molecule has 0 aliphatic rings. The molecule has 3 N–H and O–H groups in total. The van der Waals surface area contributed by atoms with Crippen LogP contribution in [0.15, 0.2) is 27.1 Å². The molecule has 2 rings (SSSR count). The molecule has 0 bridgehead atoms. The summed E-state index contributed by atoms with van der Waals surface area (Å²) in [6.45, 7) is 0. The van der Waals surface area contributed by atoms with Crippen LogP contribution in [0.3, 0.4) is 0 Å². The number of fused-ring (bicyclic) bond motifs is 1. The van der Waals surface area contributed by atoms with Gasteiger partial charge in [0, 0.05) is 22.2 Å². The SMILES string of the molecule is NC(=O)c1oc2ccc(Br)cc2c1NC(=O)CCCl. The average molecular weight is 346 g/mol. The Labute approximate surface area is 122 Å². The Hall–Kier alpha value is -1.53. The third kappa shape index (κ3) is 2.90. The highest BCUT2D eigenvalue weighted by molar-refractivity contribution is 9.10. The molecule has 100 valence electrons. The van der Waals surface area contributed by atoms with Crippen LogP contribution in [0, 0.1) is 0 Å². The van der Waals surface area contributed by atoms with Crippen molar-refractivity contribution in [1.82, 2.24) is 0 Å². The van der Waals surface area contributed by atoms with Crippen LogP contribution in [0.4, 0.5) is 5.69 Å². The van der Waals surface area contributed by atoms with Gasteiger partial charge >= 0.3 is 0 Å². The van der Waals surface area contributed by atoms with Crippen molar-refractivity contribution in [2.45, 2.75) is 6.42 Å². The summed E-state index contributed by atoms with van der Waals surface area (Å²) in [6.07, 6.45) is 0.139. The van der Waals surface area contributed by atoms with Gasteiger partial charge in [0.05, 0.1) is 0 Å². The van der Waals surface area contributed by atoms with Gasteiger partial charge in [-0.1, -0.05) is 15.9 Å². The summed E-state index contributed by atoms with van der Waals surface area (Å²) in [5, 5.41) is 3.21. The molecule has 0 unspecified atom stereocenters. The topological polar surface area (TPSA) is 85.3 Å². The first-order chi connectivity index (χ1) is 9.02. The number of nitrogens with two attached hydrogens (primary N) is 1. The van der Waals surface area contributed by atoms with Crippen LogP contribution in [0.25, 0.3) is 11.0 Å². The van der Waals surface area contributed by atoms with Gasteiger partial charge in [0.15, 0.2) is 0 Å². The van der Waals surface area contributed by atoms with E-state index in [1.807, 2.05) is 0 Å². The second-order valence-electron chi connectivity index (χ2n) is 3.80. The van der Waals surface area contributed by atoms with Crippen molar-refractivity contribution in [1.29, 1.82) is 0 Å². The molecule has 0 fully saturated rings. The standard InChI is InChI=1S/C12H10BrClN2O3/c13-6-1-2-8-7(5-6)10(11(19-8)12(15)18)16-9(17)3-4-14/h1-2,5H,3-4H2,(H2,15,18)(H,16,17). The third-order valence-corrected chi connectivity index (χ3v) is 3.14. The van der Waals surface area contributed by atoms with Crippen molar-refractivity contribution in [3.05, 3.63) is 28.4 Å². The summed E-state index contributed by atoms with van der Waals surface area (Å²) in [7, 11) is 0. The van der Waals surface area contributed by atoms with Gasteiger partial charge in [-0.2, -0.15) is 0 Å². The summed E-state index contributed by atoms with van der Waals surface area (Å²) < 4.78 is 6.15. The Morgan fingerprint density at radius 1 is 1.42 bits per heavy atom. The Morgan fingerprint density at radius 2 is 2.16 bits per heavy atom. The van der Waals surface area contributed by atoms with E-state index in [0.717, 1.165) is 4.47 Å². The molecule has 5 nitrogen and oxygen atoms in total. The van der Waals surface area contributed by atoms with Gasteiger partial charge in [0.25, 0.3) is 5.91 Å². The number of anilines is 1. The molecule has 19 heavy (non-hydrogen) atoms. The zero-order chi connectivity index (χ0) is 14.0. The van der Waals surface area contributed by atoms with Gasteiger partial charge in [-0.3, -0.25) is 9.59 Å². The van der Waals surface area contributed by atoms with Gasteiger partial charge in [-0.05, 0) is 18.2 Å². The van der Waals surface area contributed by atoms with Crippen molar-refractivity contribution >= 4 is 56.0 Å². The van der Waals surface area contributed by atoms with Crippen LogP contribution < -0.4 is 11.1 Å². The molecule has 1 heterocycles. The molecule has 1 aromatic heterocycles. The van der Waals surface area contributed by atoms with Crippen LogP contribution in [0.5, 0.6) is 0 Å². The van der Waals surface area contributed by atoms with Gasteiger partial charge in [-0.15, -0.1) is 11.6 Å². The highest BCUT2D eigenvalue weighted by atomic mass is 79.9. The number of hydrogen-bond acceptors (Lipinski definition) is 3. The van der Waals surface area contributed by atoms with Crippen LogP contribution in [0.1, 0.15) is 17.0 Å². The van der Waals surface area contributed by atoms with Crippen molar-refractivity contribution < 1.29 is 14.0 Å². The van der Waals surface area contributed by atoms with Crippen LogP contribution in [-0.4, -0.2) is 17.7 Å². The van der Waals surface area contributed by atoms with E-state index in [0.29, 0.717) is 11.0 Å². The first kappa shape index (κ1) is 13.9. The molecule has 2 amide bonds. The van der Waals surface area contributed by atoms with Gasteiger partial charge in [-0.25, -0.2) is 0 Å². The molecular formula is C12H10BrClN2O3. The number of nitrogens with one attached hydrogen (secondary N) is 1. The molecule has 0 saturated heterocycles. The van der Waals surface area contributed by atoms with E-state index in [1.165, 1.54) is 0 Å². The zero-order valence-corrected chi connectivity index (χ0v) is 12.0. The molecule has 0 atom stereocenters. The van der Waals surface area contributed by atoms with Gasteiger partial charge < -0.3 is 15.5 Å². The number of benzene rings is 1. The van der Waals surface area contributed by atoms with Crippen molar-refractivity contribution in [3.8, 4) is 0 Å². The molecule has 0 aliphatic heterocycles. The minimum Gasteiger partial charge on any atom is -0.449 e. The quantitative estimate of drug-likeness (QED) is 0.836. The summed E-state index contributed by atoms with van der Waals surface area (Å²) >= 11 is 8.82. The Kier molecular flexibility index (Phi) is 4.11. The summed E-state index contributed by atoms with van der Waals surface area (Å²) in [5.41, 5.74) is 5.99. The smallest absolute Gasteiger partial charge is 0.286 e. The number of amides is 2. The number of primary amides is 1. The number of carbonyl (C=O) groups excluding carboxylic acids is 2. The fourth-order valence-electron chi connectivity index (χ4n) is 1.66. The number of alkyl halides is 1. The lowest BCUT2D eigenvalue weighted by atomic mass is 10.2. The predicted molar refractivity (Wildman–Crippen MR) is 76.4 cm³/mol. The van der Waals surface area contributed by atoms with E-state index in [9.17, 15) is 9.59 Å². The minimum absolute atomic E-state index is 0.0731. The van der Waals surface area contributed by atoms with Crippen LogP contribution >= 0.6 is 27.5 Å². The summed E-state index contributed by atoms with van der Waals surface area (Å²) in [6, 6.07) is 5.19. The fraction of sp³-hybridized carbons (Fsp3) is 0.167. The summed E-state index contributed by atoms with van der Waals surface area (Å²) in [4.78, 5) is 23.0. The number of halogens is 2. The lowest BCUT2D eigenvalue weighted by molar-refractivity contribution is -0.115. The first-order valence-electron chi connectivity index (χ1n) is 5.40. The van der Waals surface area contributed by atoms with E-state index < -0.39 is 5.91 Å². The van der Waals surface area contributed by atoms with Crippen molar-refractivity contribution in [2.24, 2.45) is 5.73 Å². The van der Waals surface area contributed by atoms with Gasteiger partial charge in [0.2, 0.25) is 11.7 Å². The van der Waals surface area contributed by atoms with E-state index in [-0.39, 0.29) is 29.7 Å². The van der Waals surface area contributed by atoms with Crippen molar-refractivity contribution in [2.75, 3.05) is 11.2 Å². The van der Waals surface area contributed by atoms with E-state index >= 15 is 0 Å². The second-order valence-corrected chi connectivity index (χ2v) is 5.09. The third-order valence-electron chi connectivity index (χ3n) is 2.46. The molecule has 0 aliphatic carbocycles. The fourth-order valence-corrected chi connectivity index (χ4v) is 2.19. The zero-order valence-electron chi connectivity index (χ0n) is 9.70. The molecule has 0 radical (unpaired) electrons. The largest absolute Gasteiger partial charge is 0.449 e. The predicted octanol–water partition coefficient (Wildman–Crippen LogP) is 2.86. The first-order valence-corrected chi connectivity index (χ1v) is 6.73. The minimum atomic E-state index is -0.742. The number of rotatable bonds is 4. The maximum absolute atomic E-state index is 11.6. The van der Waals surface area contributed by atoms with Crippen molar-refractivity contribution in [3.63, 3.8) is 0 Å². The van der Waals surface area contributed by atoms with Gasteiger partial charge in [0.1, 0.15) is 11.3 Å². The molecule has 1 aromatic carbocycles. The normalized spacial score (nSPS) is 10.6. The Morgan fingerprint density at radius 3 is 2.79 bits per heavy atom. The molecule has 0 spiro atoms. The van der Waals surface area contributed by atoms with E-state index in [2.05, 4.69) is 21.2 Å². The number of carbonyl (C=O) groups is 2. The summed E-state index contributed by atoms with van der Waals surface area (Å²) in [5.74, 6) is -0.929. The lowest BCUT2D eigenvalue weighted by Gasteiger charge is -2.03. The number of hydrogen-bond donors (Lipinski definition) is 2. The van der Waals surface area contributed by atoms with Crippen LogP contribution in [-0.2, 0) is 4.79 Å². The second kappa shape index (κ2) is 5.63. The number of furan rings is 1. The average Bonchev–Trinajstić information content (AvgIpc) is 2.68. The molecule has 2 aromatic rings. The molecule has 0 saturated carbocycles. The Balaban J connectivity index is 2.54. The maximum atomic E-state index is 11.6.